The minimum absolute atomic E-state index is 0.392. The van der Waals surface area contributed by atoms with E-state index in [1.165, 1.54) is 12.8 Å². The van der Waals surface area contributed by atoms with Crippen molar-refractivity contribution < 1.29 is 5.11 Å². The minimum Gasteiger partial charge on any atom is -0.389 e. The van der Waals surface area contributed by atoms with E-state index < -0.39 is 5.60 Å². The largest absolute Gasteiger partial charge is 0.389 e. The Morgan fingerprint density at radius 3 is 2.53 bits per heavy atom. The van der Waals surface area contributed by atoms with Crippen LogP contribution in [0, 0.1) is 11.8 Å². The van der Waals surface area contributed by atoms with Gasteiger partial charge >= 0.3 is 0 Å². The molecule has 0 aromatic heterocycles. The summed E-state index contributed by atoms with van der Waals surface area (Å²) in [6.45, 7) is 8.63. The van der Waals surface area contributed by atoms with Crippen LogP contribution in [0.2, 0.25) is 0 Å². The van der Waals surface area contributed by atoms with Gasteiger partial charge in [0.25, 0.3) is 0 Å². The molecule has 0 aliphatic carbocycles. The molecule has 1 aliphatic heterocycles. The SMILES string of the molecule is CCC(CC)CC1(O)CCNCC1CC. The Kier molecular flexibility index (Phi) is 5.07. The van der Waals surface area contributed by atoms with E-state index in [1.54, 1.807) is 0 Å². The summed E-state index contributed by atoms with van der Waals surface area (Å²) in [5.41, 5.74) is -0.392. The molecule has 90 valence electrons. The molecule has 2 atom stereocenters. The maximum absolute atomic E-state index is 10.7. The molecule has 1 heterocycles. The lowest BCUT2D eigenvalue weighted by molar-refractivity contribution is -0.0609. The van der Waals surface area contributed by atoms with Gasteiger partial charge in [-0.25, -0.2) is 0 Å². The van der Waals surface area contributed by atoms with Crippen molar-refractivity contribution in [2.24, 2.45) is 11.8 Å². The molecule has 0 amide bonds. The van der Waals surface area contributed by atoms with Gasteiger partial charge in [0.15, 0.2) is 0 Å². The van der Waals surface area contributed by atoms with E-state index in [0.29, 0.717) is 11.8 Å². The van der Waals surface area contributed by atoms with Crippen molar-refractivity contribution in [1.29, 1.82) is 0 Å². The molecular formula is C13H27NO. The average Bonchev–Trinajstić information content (AvgIpc) is 2.26. The highest BCUT2D eigenvalue weighted by Crippen LogP contribution is 2.34. The van der Waals surface area contributed by atoms with Crippen LogP contribution in [0.4, 0.5) is 0 Å². The monoisotopic (exact) mass is 213 g/mol. The molecule has 0 aromatic rings. The Bertz CT molecular complexity index is 179. The molecule has 2 heteroatoms. The number of hydrogen-bond donors (Lipinski definition) is 2. The summed E-state index contributed by atoms with van der Waals surface area (Å²) in [7, 11) is 0. The first-order valence-electron chi connectivity index (χ1n) is 6.59. The smallest absolute Gasteiger partial charge is 0.0702 e. The van der Waals surface area contributed by atoms with Crippen LogP contribution in [0.25, 0.3) is 0 Å². The van der Waals surface area contributed by atoms with Gasteiger partial charge in [0.05, 0.1) is 5.60 Å². The predicted molar refractivity (Wildman–Crippen MR) is 64.9 cm³/mol. The second kappa shape index (κ2) is 5.86. The number of hydrogen-bond acceptors (Lipinski definition) is 2. The van der Waals surface area contributed by atoms with Gasteiger partial charge < -0.3 is 10.4 Å². The van der Waals surface area contributed by atoms with E-state index >= 15 is 0 Å². The van der Waals surface area contributed by atoms with E-state index in [-0.39, 0.29) is 0 Å². The van der Waals surface area contributed by atoms with Crippen LogP contribution in [-0.4, -0.2) is 23.8 Å². The highest BCUT2D eigenvalue weighted by atomic mass is 16.3. The van der Waals surface area contributed by atoms with Crippen LogP contribution in [0.1, 0.15) is 52.9 Å². The molecule has 0 saturated carbocycles. The van der Waals surface area contributed by atoms with E-state index in [0.717, 1.165) is 32.4 Å². The molecule has 1 fully saturated rings. The maximum Gasteiger partial charge on any atom is 0.0702 e. The lowest BCUT2D eigenvalue weighted by Gasteiger charge is -2.42. The zero-order chi connectivity index (χ0) is 11.3. The van der Waals surface area contributed by atoms with Gasteiger partial charge in [-0.15, -0.1) is 0 Å². The van der Waals surface area contributed by atoms with Gasteiger partial charge in [0.1, 0.15) is 0 Å². The fraction of sp³-hybridized carbons (Fsp3) is 1.00. The molecule has 1 rings (SSSR count). The average molecular weight is 213 g/mol. The molecule has 2 N–H and O–H groups in total. The van der Waals surface area contributed by atoms with Crippen molar-refractivity contribution in [2.75, 3.05) is 13.1 Å². The summed E-state index contributed by atoms with van der Waals surface area (Å²) in [6, 6.07) is 0. The first kappa shape index (κ1) is 13.0. The molecule has 2 nitrogen and oxygen atoms in total. The third kappa shape index (κ3) is 3.18. The molecule has 2 unspecified atom stereocenters. The van der Waals surface area contributed by atoms with Crippen LogP contribution < -0.4 is 5.32 Å². The van der Waals surface area contributed by atoms with Crippen LogP contribution in [0.15, 0.2) is 0 Å². The van der Waals surface area contributed by atoms with Gasteiger partial charge in [0.2, 0.25) is 0 Å². The zero-order valence-electron chi connectivity index (χ0n) is 10.6. The van der Waals surface area contributed by atoms with Crippen LogP contribution >= 0.6 is 0 Å². The summed E-state index contributed by atoms with van der Waals surface area (Å²) in [5.74, 6) is 1.15. The van der Waals surface area contributed by atoms with Gasteiger partial charge in [-0.1, -0.05) is 33.6 Å². The van der Waals surface area contributed by atoms with Crippen molar-refractivity contribution >= 4 is 0 Å². The second-order valence-electron chi connectivity index (χ2n) is 5.05. The number of nitrogens with one attached hydrogen (secondary N) is 1. The summed E-state index contributed by atoms with van der Waals surface area (Å²) < 4.78 is 0. The fourth-order valence-corrected chi connectivity index (χ4v) is 2.85. The Hall–Kier alpha value is -0.0800. The quantitative estimate of drug-likeness (QED) is 0.735. The summed E-state index contributed by atoms with van der Waals surface area (Å²) in [5, 5.41) is 14.1. The standard InChI is InChI=1S/C13H27NO/c1-4-11(5-2)9-13(15)7-8-14-10-12(13)6-3/h11-12,14-15H,4-10H2,1-3H3. The third-order valence-corrected chi connectivity index (χ3v) is 4.18. The summed E-state index contributed by atoms with van der Waals surface area (Å²) in [6.07, 6.45) is 5.41. The maximum atomic E-state index is 10.7. The predicted octanol–water partition coefficient (Wildman–Crippen LogP) is 2.56. The normalized spacial score (nSPS) is 32.2. The molecule has 15 heavy (non-hydrogen) atoms. The molecule has 0 radical (unpaired) electrons. The molecule has 1 aliphatic rings. The van der Waals surface area contributed by atoms with E-state index in [4.69, 9.17) is 0 Å². The van der Waals surface area contributed by atoms with Crippen LogP contribution in [0.5, 0.6) is 0 Å². The lowest BCUT2D eigenvalue weighted by atomic mass is 9.73. The van der Waals surface area contributed by atoms with E-state index in [2.05, 4.69) is 26.1 Å². The molecule has 0 bridgehead atoms. The summed E-state index contributed by atoms with van der Waals surface area (Å²) >= 11 is 0. The van der Waals surface area contributed by atoms with E-state index in [9.17, 15) is 5.11 Å². The highest BCUT2D eigenvalue weighted by molar-refractivity contribution is 4.92. The first-order valence-corrected chi connectivity index (χ1v) is 6.59. The molecule has 0 spiro atoms. The second-order valence-corrected chi connectivity index (χ2v) is 5.05. The third-order valence-electron chi connectivity index (χ3n) is 4.18. The molecule has 1 saturated heterocycles. The van der Waals surface area contributed by atoms with Gasteiger partial charge in [0, 0.05) is 6.54 Å². The van der Waals surface area contributed by atoms with Crippen molar-refractivity contribution in [3.05, 3.63) is 0 Å². The fourth-order valence-electron chi connectivity index (χ4n) is 2.85. The van der Waals surface area contributed by atoms with Gasteiger partial charge in [-0.05, 0) is 37.6 Å². The van der Waals surface area contributed by atoms with Gasteiger partial charge in [-0.2, -0.15) is 0 Å². The zero-order valence-corrected chi connectivity index (χ0v) is 10.6. The first-order chi connectivity index (χ1) is 7.16. The topological polar surface area (TPSA) is 32.3 Å². The van der Waals surface area contributed by atoms with Crippen molar-refractivity contribution in [3.63, 3.8) is 0 Å². The lowest BCUT2D eigenvalue weighted by Crippen LogP contribution is -2.50. The Balaban J connectivity index is 2.60. The van der Waals surface area contributed by atoms with Crippen molar-refractivity contribution in [2.45, 2.75) is 58.5 Å². The minimum atomic E-state index is -0.392. The number of aliphatic hydroxyl groups is 1. The Morgan fingerprint density at radius 2 is 2.00 bits per heavy atom. The van der Waals surface area contributed by atoms with Crippen molar-refractivity contribution in [1.82, 2.24) is 5.32 Å². The van der Waals surface area contributed by atoms with Crippen LogP contribution in [0.3, 0.4) is 0 Å². The Labute approximate surface area is 94.5 Å². The molecular weight excluding hydrogens is 186 g/mol. The number of rotatable bonds is 5. The van der Waals surface area contributed by atoms with Crippen molar-refractivity contribution in [3.8, 4) is 0 Å². The number of piperidine rings is 1. The van der Waals surface area contributed by atoms with Gasteiger partial charge in [-0.3, -0.25) is 0 Å². The van der Waals surface area contributed by atoms with Crippen LogP contribution in [-0.2, 0) is 0 Å². The molecule has 0 aromatic carbocycles. The van der Waals surface area contributed by atoms with E-state index in [1.807, 2.05) is 0 Å². The highest BCUT2D eigenvalue weighted by Gasteiger charge is 2.38. The summed E-state index contributed by atoms with van der Waals surface area (Å²) in [4.78, 5) is 0. The Morgan fingerprint density at radius 1 is 1.33 bits per heavy atom.